The van der Waals surface area contributed by atoms with Crippen molar-refractivity contribution in [1.82, 2.24) is 10.3 Å². The zero-order valence-electron chi connectivity index (χ0n) is 14.6. The van der Waals surface area contributed by atoms with Crippen LogP contribution in [0.5, 0.6) is 0 Å². The number of allylic oxidation sites excluding steroid dienone is 2. The monoisotopic (exact) mass is 360 g/mol. The van der Waals surface area contributed by atoms with Gasteiger partial charge < -0.3 is 10.4 Å². The maximum atomic E-state index is 13.4. The Balaban J connectivity index is 1.84. The molecule has 1 unspecified atom stereocenters. The van der Waals surface area contributed by atoms with Gasteiger partial charge in [-0.1, -0.05) is 24.3 Å². The Morgan fingerprint density at radius 2 is 2.23 bits per heavy atom. The number of carbonyl (C=O) groups excluding carboxylic acids is 1. The molecule has 1 aromatic carbocycles. The first kappa shape index (κ1) is 18.5. The number of fused-ring (bicyclic) bond motifs is 1. The molecule has 0 saturated heterocycles. The van der Waals surface area contributed by atoms with Gasteiger partial charge in [-0.3, -0.25) is 9.78 Å². The fourth-order valence-electron chi connectivity index (χ4n) is 3.08. The highest BCUT2D eigenvalue weighted by Gasteiger charge is 2.31. The summed E-state index contributed by atoms with van der Waals surface area (Å²) in [5, 5.41) is 12.8. The van der Waals surface area contributed by atoms with Gasteiger partial charge in [-0.2, -0.15) is 0 Å². The van der Waals surface area contributed by atoms with Crippen LogP contribution < -0.4 is 5.32 Å². The van der Waals surface area contributed by atoms with Crippen LogP contribution in [0.25, 0.3) is 16.5 Å². The molecule has 4 nitrogen and oxygen atoms in total. The first-order valence-corrected chi connectivity index (χ1v) is 8.78. The van der Waals surface area contributed by atoms with Crippen LogP contribution in [0.4, 0.5) is 8.78 Å². The second-order valence-corrected chi connectivity index (χ2v) is 6.78. The lowest BCUT2D eigenvalue weighted by atomic mass is 9.90. The van der Waals surface area contributed by atoms with Gasteiger partial charge in [-0.05, 0) is 31.4 Å². The van der Waals surface area contributed by atoms with Gasteiger partial charge in [0.2, 0.25) is 0 Å². The fraction of sp³-hybridized carbons (Fsp3) is 0.400. The zero-order chi connectivity index (χ0) is 18.7. The van der Waals surface area contributed by atoms with E-state index in [1.165, 1.54) is 6.20 Å². The van der Waals surface area contributed by atoms with Crippen molar-refractivity contribution < 1.29 is 18.7 Å². The molecule has 26 heavy (non-hydrogen) atoms. The molecule has 1 heterocycles. The molecule has 2 aromatic rings. The van der Waals surface area contributed by atoms with Crippen LogP contribution >= 0.6 is 0 Å². The third kappa shape index (κ3) is 4.25. The van der Waals surface area contributed by atoms with Gasteiger partial charge in [0.1, 0.15) is 0 Å². The molecule has 2 N–H and O–H groups in total. The first-order valence-electron chi connectivity index (χ1n) is 8.78. The SMILES string of the molecule is CC(O)CCNC(=O)c1cnc2c(C3=CCC(F)(F)CC3)cccc2c1. The van der Waals surface area contributed by atoms with Crippen molar-refractivity contribution in [2.75, 3.05) is 6.54 Å². The molecule has 138 valence electrons. The molecule has 1 aromatic heterocycles. The smallest absolute Gasteiger partial charge is 0.252 e. The van der Waals surface area contributed by atoms with E-state index in [0.29, 0.717) is 30.5 Å². The number of carbonyl (C=O) groups is 1. The van der Waals surface area contributed by atoms with E-state index in [1.807, 2.05) is 18.2 Å². The van der Waals surface area contributed by atoms with Gasteiger partial charge in [0, 0.05) is 36.5 Å². The summed E-state index contributed by atoms with van der Waals surface area (Å²) < 4.78 is 26.8. The third-order valence-electron chi connectivity index (χ3n) is 4.57. The maximum absolute atomic E-state index is 13.4. The van der Waals surface area contributed by atoms with E-state index in [1.54, 1.807) is 19.1 Å². The number of aliphatic hydroxyl groups excluding tert-OH is 1. The Labute approximate surface area is 150 Å². The molecule has 0 bridgehead atoms. The van der Waals surface area contributed by atoms with Crippen molar-refractivity contribution in [1.29, 1.82) is 0 Å². The average molecular weight is 360 g/mol. The number of aromatic nitrogens is 1. The summed E-state index contributed by atoms with van der Waals surface area (Å²) in [5.74, 6) is -2.87. The number of nitrogens with one attached hydrogen (secondary N) is 1. The number of alkyl halides is 2. The van der Waals surface area contributed by atoms with Gasteiger partial charge in [0.05, 0.1) is 17.2 Å². The second kappa shape index (κ2) is 7.50. The zero-order valence-corrected chi connectivity index (χ0v) is 14.6. The number of nitrogens with zero attached hydrogens (tertiary/aromatic N) is 1. The van der Waals surface area contributed by atoms with Crippen LogP contribution in [0.1, 0.15) is 48.5 Å². The number of aliphatic hydroxyl groups is 1. The molecular formula is C20H22F2N2O2. The normalized spacial score (nSPS) is 17.6. The minimum absolute atomic E-state index is 0.154. The molecule has 0 spiro atoms. The van der Waals surface area contributed by atoms with Crippen LogP contribution in [0, 0.1) is 0 Å². The summed E-state index contributed by atoms with van der Waals surface area (Å²) in [6, 6.07) is 7.34. The lowest BCUT2D eigenvalue weighted by molar-refractivity contribution is -0.00602. The number of amides is 1. The second-order valence-electron chi connectivity index (χ2n) is 6.78. The van der Waals surface area contributed by atoms with Gasteiger partial charge in [0.15, 0.2) is 0 Å². The number of benzene rings is 1. The molecule has 0 aliphatic heterocycles. The molecular weight excluding hydrogens is 338 g/mol. The first-order chi connectivity index (χ1) is 12.4. The lowest BCUT2D eigenvalue weighted by Gasteiger charge is -2.22. The van der Waals surface area contributed by atoms with Crippen molar-refractivity contribution in [3.05, 3.63) is 47.7 Å². The number of hydrogen-bond acceptors (Lipinski definition) is 3. The third-order valence-corrected chi connectivity index (χ3v) is 4.57. The summed E-state index contributed by atoms with van der Waals surface area (Å²) >= 11 is 0. The highest BCUT2D eigenvalue weighted by Crippen LogP contribution is 2.37. The number of para-hydroxylation sites is 1. The highest BCUT2D eigenvalue weighted by atomic mass is 19.3. The van der Waals surface area contributed by atoms with Crippen molar-refractivity contribution in [2.24, 2.45) is 0 Å². The number of rotatable bonds is 5. The van der Waals surface area contributed by atoms with Crippen molar-refractivity contribution in [3.8, 4) is 0 Å². The van der Waals surface area contributed by atoms with Gasteiger partial charge in [-0.15, -0.1) is 0 Å². The summed E-state index contributed by atoms with van der Waals surface area (Å²) in [6.07, 6.45) is 3.02. The molecule has 0 saturated carbocycles. The van der Waals surface area contributed by atoms with Crippen LogP contribution in [-0.2, 0) is 0 Å². The van der Waals surface area contributed by atoms with Gasteiger partial charge >= 0.3 is 0 Å². The standard InChI is InChI=1S/C20H22F2N2O2/c1-13(25)7-10-23-19(26)16-11-15-3-2-4-17(18(15)24-12-16)14-5-8-20(21,22)9-6-14/h2-5,11-13,25H,6-10H2,1H3,(H,23,26). The molecule has 0 fully saturated rings. The van der Waals surface area contributed by atoms with Crippen molar-refractivity contribution in [3.63, 3.8) is 0 Å². The summed E-state index contributed by atoms with van der Waals surface area (Å²) in [6.45, 7) is 2.05. The van der Waals surface area contributed by atoms with Gasteiger partial charge in [0.25, 0.3) is 11.8 Å². The lowest BCUT2D eigenvalue weighted by Crippen LogP contribution is -2.26. The minimum atomic E-state index is -2.63. The topological polar surface area (TPSA) is 62.2 Å². The molecule has 1 aliphatic rings. The number of pyridine rings is 1. The predicted octanol–water partition coefficient (Wildman–Crippen LogP) is 3.94. The largest absolute Gasteiger partial charge is 0.393 e. The van der Waals surface area contributed by atoms with E-state index in [9.17, 15) is 18.7 Å². The summed E-state index contributed by atoms with van der Waals surface area (Å²) in [4.78, 5) is 16.6. The molecule has 1 amide bonds. The fourth-order valence-corrected chi connectivity index (χ4v) is 3.08. The van der Waals surface area contributed by atoms with E-state index < -0.39 is 12.0 Å². The average Bonchev–Trinajstić information content (AvgIpc) is 2.60. The van der Waals surface area contributed by atoms with Crippen LogP contribution in [0.15, 0.2) is 36.5 Å². The Hall–Kier alpha value is -2.34. The van der Waals surface area contributed by atoms with E-state index in [-0.39, 0.29) is 18.7 Å². The molecule has 1 atom stereocenters. The van der Waals surface area contributed by atoms with Crippen molar-refractivity contribution in [2.45, 2.75) is 44.6 Å². The van der Waals surface area contributed by atoms with E-state index >= 15 is 0 Å². The van der Waals surface area contributed by atoms with Crippen LogP contribution in [0.3, 0.4) is 0 Å². The van der Waals surface area contributed by atoms with Crippen LogP contribution in [0.2, 0.25) is 0 Å². The minimum Gasteiger partial charge on any atom is -0.393 e. The molecule has 1 aliphatic carbocycles. The Kier molecular flexibility index (Phi) is 5.32. The van der Waals surface area contributed by atoms with Crippen LogP contribution in [-0.4, -0.2) is 34.6 Å². The summed E-state index contributed by atoms with van der Waals surface area (Å²) in [7, 11) is 0. The Morgan fingerprint density at radius 3 is 2.92 bits per heavy atom. The molecule has 3 rings (SSSR count). The van der Waals surface area contributed by atoms with E-state index in [0.717, 1.165) is 16.5 Å². The summed E-state index contributed by atoms with van der Waals surface area (Å²) in [5.41, 5.74) is 2.87. The maximum Gasteiger partial charge on any atom is 0.252 e. The van der Waals surface area contributed by atoms with E-state index in [2.05, 4.69) is 10.3 Å². The highest BCUT2D eigenvalue weighted by molar-refractivity contribution is 5.99. The number of hydrogen-bond donors (Lipinski definition) is 2. The number of halogens is 2. The van der Waals surface area contributed by atoms with E-state index in [4.69, 9.17) is 0 Å². The quantitative estimate of drug-likeness (QED) is 0.849. The predicted molar refractivity (Wildman–Crippen MR) is 97.1 cm³/mol. The molecule has 6 heteroatoms. The van der Waals surface area contributed by atoms with Crippen molar-refractivity contribution >= 4 is 22.4 Å². The van der Waals surface area contributed by atoms with Gasteiger partial charge in [-0.25, -0.2) is 8.78 Å². The Morgan fingerprint density at radius 1 is 1.42 bits per heavy atom. The Bertz CT molecular complexity index is 847. The molecule has 0 radical (unpaired) electrons.